The number of nitrogens with zero attached hydrogens (tertiary/aromatic N) is 2. The van der Waals surface area contributed by atoms with Crippen LogP contribution in [0.5, 0.6) is 0 Å². The first-order chi connectivity index (χ1) is 10.3. The number of allylic oxidation sites excluding steroid dienone is 2. The lowest BCUT2D eigenvalue weighted by Crippen LogP contribution is -1.92. The van der Waals surface area contributed by atoms with Gasteiger partial charge in [0.1, 0.15) is 0 Å². The Morgan fingerprint density at radius 2 is 1.67 bits per heavy atom. The first kappa shape index (κ1) is 13.3. The summed E-state index contributed by atoms with van der Waals surface area (Å²) in [5.41, 5.74) is 4.35. The highest BCUT2D eigenvalue weighted by Crippen LogP contribution is 2.28. The van der Waals surface area contributed by atoms with Crippen LogP contribution in [0, 0.1) is 0 Å². The van der Waals surface area contributed by atoms with Gasteiger partial charge in [0.15, 0.2) is 5.82 Å². The van der Waals surface area contributed by atoms with Crippen LogP contribution in [0.4, 0.5) is 0 Å². The van der Waals surface area contributed by atoms with E-state index >= 15 is 0 Å². The average molecular weight is 275 g/mol. The zero-order valence-corrected chi connectivity index (χ0v) is 11.8. The molecule has 3 nitrogen and oxygen atoms in total. The molecule has 2 heterocycles. The van der Waals surface area contributed by atoms with Crippen LogP contribution < -0.4 is 0 Å². The smallest absolute Gasteiger partial charge is 0.154 e. The summed E-state index contributed by atoms with van der Waals surface area (Å²) in [6.45, 7) is 8.28. The largest absolute Gasteiger partial charge is 0.361 e. The number of H-pyrrole nitrogens is 1. The molecule has 0 saturated heterocycles. The van der Waals surface area contributed by atoms with Crippen LogP contribution >= 0.6 is 0 Å². The molecular weight excluding hydrogens is 258 g/mol. The fraction of sp³-hybridized carbons (Fsp3) is 0.111. The summed E-state index contributed by atoms with van der Waals surface area (Å²) in [6.07, 6.45) is 7.15. The van der Waals surface area contributed by atoms with E-state index in [0.29, 0.717) is 5.82 Å². The number of aromatic amines is 1. The molecule has 1 aromatic carbocycles. The fourth-order valence-corrected chi connectivity index (χ4v) is 2.39. The molecule has 0 saturated carbocycles. The van der Waals surface area contributed by atoms with Crippen molar-refractivity contribution >= 4 is 22.0 Å². The molecule has 3 heteroatoms. The van der Waals surface area contributed by atoms with Gasteiger partial charge in [-0.3, -0.25) is 0 Å². The molecule has 0 spiro atoms. The van der Waals surface area contributed by atoms with Crippen LogP contribution in [0.25, 0.3) is 22.0 Å². The lowest BCUT2D eigenvalue weighted by molar-refractivity contribution is 1.03. The number of hydrogen-bond donors (Lipinski definition) is 1. The highest BCUT2D eigenvalue weighted by atomic mass is 14.9. The molecule has 3 rings (SSSR count). The van der Waals surface area contributed by atoms with E-state index in [2.05, 4.69) is 40.2 Å². The van der Waals surface area contributed by atoms with Gasteiger partial charge in [0.2, 0.25) is 0 Å². The molecule has 0 bridgehead atoms. The van der Waals surface area contributed by atoms with Gasteiger partial charge >= 0.3 is 0 Å². The number of hydrogen-bond acceptors (Lipinski definition) is 2. The van der Waals surface area contributed by atoms with Crippen molar-refractivity contribution < 1.29 is 0 Å². The van der Waals surface area contributed by atoms with Crippen LogP contribution in [0.3, 0.4) is 0 Å². The van der Waals surface area contributed by atoms with Gasteiger partial charge in [-0.05, 0) is 36.1 Å². The third-order valence-corrected chi connectivity index (χ3v) is 3.58. The molecule has 0 atom stereocenters. The van der Waals surface area contributed by atoms with E-state index in [1.165, 1.54) is 10.9 Å². The molecule has 2 aromatic heterocycles. The predicted octanol–water partition coefficient (Wildman–Crippen LogP) is 4.46. The number of para-hydroxylation sites is 1. The quantitative estimate of drug-likeness (QED) is 0.746. The number of aromatic nitrogens is 3. The van der Waals surface area contributed by atoms with Crippen LogP contribution in [0.1, 0.15) is 24.2 Å². The summed E-state index contributed by atoms with van der Waals surface area (Å²) in [5.74, 6) is 0.712. The van der Waals surface area contributed by atoms with Crippen LogP contribution in [0.2, 0.25) is 0 Å². The van der Waals surface area contributed by atoms with Gasteiger partial charge in [0, 0.05) is 35.1 Å². The number of nitrogens with one attached hydrogen (secondary N) is 1. The lowest BCUT2D eigenvalue weighted by atomic mass is 9.99. The standard InChI is InChI=1S/C18H17N3/c1-13(8-9-14(2)18-19-10-5-11-20-18)16-12-21-17-7-4-3-6-15(16)17/h3-7,10-12,21H,1-2,8-9H2. The summed E-state index contributed by atoms with van der Waals surface area (Å²) in [4.78, 5) is 11.7. The summed E-state index contributed by atoms with van der Waals surface area (Å²) >= 11 is 0. The SMILES string of the molecule is C=C(CCC(=C)c1c[nH]c2ccccc12)c1ncccn1. The maximum Gasteiger partial charge on any atom is 0.154 e. The predicted molar refractivity (Wildman–Crippen MR) is 87.6 cm³/mol. The molecule has 0 amide bonds. The zero-order valence-electron chi connectivity index (χ0n) is 11.8. The highest BCUT2D eigenvalue weighted by molar-refractivity contribution is 5.92. The summed E-state index contributed by atoms with van der Waals surface area (Å²) in [6, 6.07) is 10.1. The molecular formula is C18H17N3. The van der Waals surface area contributed by atoms with Crippen molar-refractivity contribution in [2.75, 3.05) is 0 Å². The van der Waals surface area contributed by atoms with Crippen molar-refractivity contribution in [3.05, 3.63) is 73.5 Å². The zero-order chi connectivity index (χ0) is 14.7. The fourth-order valence-electron chi connectivity index (χ4n) is 2.39. The van der Waals surface area contributed by atoms with E-state index in [0.717, 1.165) is 29.5 Å². The minimum Gasteiger partial charge on any atom is -0.361 e. The van der Waals surface area contributed by atoms with Gasteiger partial charge in [-0.15, -0.1) is 0 Å². The van der Waals surface area contributed by atoms with E-state index < -0.39 is 0 Å². The van der Waals surface area contributed by atoms with Crippen molar-refractivity contribution in [1.82, 2.24) is 15.0 Å². The Morgan fingerprint density at radius 1 is 0.952 bits per heavy atom. The first-order valence-corrected chi connectivity index (χ1v) is 6.95. The average Bonchev–Trinajstić information content (AvgIpc) is 2.97. The van der Waals surface area contributed by atoms with E-state index in [-0.39, 0.29) is 0 Å². The molecule has 0 unspecified atom stereocenters. The summed E-state index contributed by atoms with van der Waals surface area (Å²) in [5, 5.41) is 1.21. The Morgan fingerprint density at radius 3 is 2.48 bits per heavy atom. The van der Waals surface area contributed by atoms with Crippen LogP contribution in [0.15, 0.2) is 62.1 Å². The molecule has 1 N–H and O–H groups in total. The molecule has 0 radical (unpaired) electrons. The molecule has 3 aromatic rings. The second-order valence-electron chi connectivity index (χ2n) is 5.03. The van der Waals surface area contributed by atoms with Crippen molar-refractivity contribution in [3.63, 3.8) is 0 Å². The Hall–Kier alpha value is -2.68. The minimum atomic E-state index is 0.712. The number of rotatable bonds is 5. The third kappa shape index (κ3) is 2.77. The Kier molecular flexibility index (Phi) is 3.65. The molecule has 104 valence electrons. The molecule has 0 aliphatic heterocycles. The molecule has 0 aliphatic rings. The van der Waals surface area contributed by atoms with Crippen molar-refractivity contribution in [2.24, 2.45) is 0 Å². The van der Waals surface area contributed by atoms with Gasteiger partial charge in [-0.2, -0.15) is 0 Å². The molecule has 0 fully saturated rings. The van der Waals surface area contributed by atoms with Gasteiger partial charge in [0.25, 0.3) is 0 Å². The number of benzene rings is 1. The summed E-state index contributed by atoms with van der Waals surface area (Å²) in [7, 11) is 0. The monoisotopic (exact) mass is 275 g/mol. The van der Waals surface area contributed by atoms with Crippen LogP contribution in [-0.2, 0) is 0 Å². The normalized spacial score (nSPS) is 10.7. The van der Waals surface area contributed by atoms with E-state index in [1.807, 2.05) is 24.4 Å². The first-order valence-electron chi connectivity index (χ1n) is 6.95. The van der Waals surface area contributed by atoms with E-state index in [9.17, 15) is 0 Å². The maximum absolute atomic E-state index is 4.22. The maximum atomic E-state index is 4.22. The van der Waals surface area contributed by atoms with E-state index in [1.54, 1.807) is 12.4 Å². The number of fused-ring (bicyclic) bond motifs is 1. The Bertz CT molecular complexity index is 784. The minimum absolute atomic E-state index is 0.712. The highest BCUT2D eigenvalue weighted by Gasteiger charge is 2.08. The third-order valence-electron chi connectivity index (χ3n) is 3.58. The summed E-state index contributed by atoms with van der Waals surface area (Å²) < 4.78 is 0. The lowest BCUT2D eigenvalue weighted by Gasteiger charge is -2.06. The van der Waals surface area contributed by atoms with Gasteiger partial charge in [-0.25, -0.2) is 9.97 Å². The van der Waals surface area contributed by atoms with Gasteiger partial charge in [-0.1, -0.05) is 31.4 Å². The van der Waals surface area contributed by atoms with E-state index in [4.69, 9.17) is 0 Å². The van der Waals surface area contributed by atoms with Crippen molar-refractivity contribution in [1.29, 1.82) is 0 Å². The van der Waals surface area contributed by atoms with Gasteiger partial charge < -0.3 is 4.98 Å². The van der Waals surface area contributed by atoms with Crippen molar-refractivity contribution in [3.8, 4) is 0 Å². The Balaban J connectivity index is 1.71. The topological polar surface area (TPSA) is 41.6 Å². The van der Waals surface area contributed by atoms with Crippen LogP contribution in [-0.4, -0.2) is 15.0 Å². The second kappa shape index (κ2) is 5.75. The second-order valence-corrected chi connectivity index (χ2v) is 5.03. The van der Waals surface area contributed by atoms with Gasteiger partial charge in [0.05, 0.1) is 0 Å². The molecule has 21 heavy (non-hydrogen) atoms. The molecule has 0 aliphatic carbocycles. The van der Waals surface area contributed by atoms with Crippen molar-refractivity contribution in [2.45, 2.75) is 12.8 Å². The Labute approximate surface area is 124 Å².